The van der Waals surface area contributed by atoms with Crippen LogP contribution in [0.4, 0.5) is 11.4 Å². The van der Waals surface area contributed by atoms with Gasteiger partial charge >= 0.3 is 0 Å². The van der Waals surface area contributed by atoms with Gasteiger partial charge in [0.25, 0.3) is 5.91 Å². The molecule has 3 rings (SSSR count). The molecule has 3 aromatic carbocycles. The van der Waals surface area contributed by atoms with Gasteiger partial charge in [-0.25, -0.2) is 0 Å². The zero-order valence-electron chi connectivity index (χ0n) is 16.4. The highest BCUT2D eigenvalue weighted by atomic mass is 16.5. The van der Waals surface area contributed by atoms with E-state index in [1.165, 1.54) is 0 Å². The van der Waals surface area contributed by atoms with E-state index in [1.807, 2.05) is 60.7 Å². The molecule has 30 heavy (non-hydrogen) atoms. The third-order valence-corrected chi connectivity index (χ3v) is 4.24. The largest absolute Gasteiger partial charge is 0.497 e. The number of carbonyl (C=O) groups excluding carboxylic acids is 1. The van der Waals surface area contributed by atoms with Gasteiger partial charge < -0.3 is 15.3 Å². The van der Waals surface area contributed by atoms with Crippen molar-refractivity contribution in [3.05, 3.63) is 90.5 Å². The van der Waals surface area contributed by atoms with Crippen LogP contribution in [-0.2, 0) is 11.2 Å². The van der Waals surface area contributed by atoms with E-state index in [0.29, 0.717) is 5.69 Å². The number of hydrogen-bond donors (Lipinski definition) is 3. The average molecular weight is 402 g/mol. The Morgan fingerprint density at radius 1 is 0.900 bits per heavy atom. The number of benzene rings is 3. The number of nitrogens with zero attached hydrogens (tertiary/aromatic N) is 2. The van der Waals surface area contributed by atoms with Crippen LogP contribution in [0.2, 0.25) is 0 Å². The molecule has 3 N–H and O–H groups in total. The van der Waals surface area contributed by atoms with E-state index < -0.39 is 5.91 Å². The Balaban J connectivity index is 1.86. The SMILES string of the molecule is COc1ccc(CC(=N\Nc2ccccc2)/C(=N/O)C(=O)Nc2ccccc2)cc1. The van der Waals surface area contributed by atoms with Crippen molar-refractivity contribution in [3.8, 4) is 5.75 Å². The van der Waals surface area contributed by atoms with Crippen molar-refractivity contribution in [3.63, 3.8) is 0 Å². The normalized spacial score (nSPS) is 11.6. The molecule has 0 radical (unpaired) electrons. The number of rotatable bonds is 8. The van der Waals surface area contributed by atoms with Gasteiger partial charge in [0.15, 0.2) is 5.71 Å². The lowest BCUT2D eigenvalue weighted by atomic mass is 10.0. The summed E-state index contributed by atoms with van der Waals surface area (Å²) in [5.74, 6) is 0.156. The van der Waals surface area contributed by atoms with E-state index in [-0.39, 0.29) is 17.8 Å². The van der Waals surface area contributed by atoms with E-state index >= 15 is 0 Å². The van der Waals surface area contributed by atoms with E-state index in [0.717, 1.165) is 17.0 Å². The van der Waals surface area contributed by atoms with Gasteiger partial charge in [-0.15, -0.1) is 0 Å². The molecule has 0 aromatic heterocycles. The molecule has 0 heterocycles. The Bertz CT molecular complexity index is 1020. The van der Waals surface area contributed by atoms with Gasteiger partial charge in [-0.1, -0.05) is 53.7 Å². The molecular weight excluding hydrogens is 380 g/mol. The number of hydrogen-bond acceptors (Lipinski definition) is 6. The average Bonchev–Trinajstić information content (AvgIpc) is 2.79. The van der Waals surface area contributed by atoms with Crippen molar-refractivity contribution in [2.24, 2.45) is 10.3 Å². The molecule has 0 bridgehead atoms. The summed E-state index contributed by atoms with van der Waals surface area (Å²) in [4.78, 5) is 12.8. The highest BCUT2D eigenvalue weighted by Crippen LogP contribution is 2.14. The standard InChI is InChI=1S/C23H22N4O3/c1-30-20-14-12-17(13-15-20)16-21(26-25-19-10-6-3-7-11-19)22(27-29)23(28)24-18-8-4-2-5-9-18/h2-15,25,29H,16H2,1H3,(H,24,28)/b26-21+,27-22-. The molecule has 0 spiro atoms. The van der Waals surface area contributed by atoms with Gasteiger partial charge in [0.2, 0.25) is 0 Å². The molecule has 0 atom stereocenters. The van der Waals surface area contributed by atoms with Crippen molar-refractivity contribution in [1.29, 1.82) is 0 Å². The van der Waals surface area contributed by atoms with Crippen LogP contribution in [0.15, 0.2) is 95.2 Å². The number of ether oxygens (including phenoxy) is 1. The fraction of sp³-hybridized carbons (Fsp3) is 0.0870. The number of amides is 1. The number of hydrazone groups is 1. The molecule has 3 aromatic rings. The quantitative estimate of drug-likeness (QED) is 0.299. The van der Waals surface area contributed by atoms with E-state index in [1.54, 1.807) is 31.4 Å². The minimum absolute atomic E-state index is 0.182. The topological polar surface area (TPSA) is 95.3 Å². The maximum Gasteiger partial charge on any atom is 0.279 e. The summed E-state index contributed by atoms with van der Waals surface area (Å²) in [7, 11) is 1.59. The number of oxime groups is 1. The number of nitrogens with one attached hydrogen (secondary N) is 2. The predicted octanol–water partition coefficient (Wildman–Crippen LogP) is 4.17. The van der Waals surface area contributed by atoms with Gasteiger partial charge in [-0.3, -0.25) is 10.2 Å². The second kappa shape index (κ2) is 10.4. The molecule has 0 saturated carbocycles. The zero-order valence-corrected chi connectivity index (χ0v) is 16.4. The van der Waals surface area contributed by atoms with Crippen molar-refractivity contribution >= 4 is 28.7 Å². The summed E-state index contributed by atoms with van der Waals surface area (Å²) in [6.07, 6.45) is 0.269. The van der Waals surface area contributed by atoms with Crippen LogP contribution in [0.3, 0.4) is 0 Å². The van der Waals surface area contributed by atoms with Crippen molar-refractivity contribution in [1.82, 2.24) is 0 Å². The Labute approximate surface area is 174 Å². The summed E-state index contributed by atoms with van der Waals surface area (Å²) in [5.41, 5.74) is 5.21. The van der Waals surface area contributed by atoms with Gasteiger partial charge in [0.05, 0.1) is 18.5 Å². The molecular formula is C23H22N4O3. The monoisotopic (exact) mass is 402 g/mol. The van der Waals surface area contributed by atoms with Crippen LogP contribution in [0.1, 0.15) is 5.56 Å². The van der Waals surface area contributed by atoms with Crippen LogP contribution in [0.25, 0.3) is 0 Å². The zero-order chi connectivity index (χ0) is 21.2. The fourth-order valence-corrected chi connectivity index (χ4v) is 2.70. The second-order valence-electron chi connectivity index (χ2n) is 6.33. The Hall–Kier alpha value is -4.13. The summed E-state index contributed by atoms with van der Waals surface area (Å²) in [6, 6.07) is 25.6. The highest BCUT2D eigenvalue weighted by molar-refractivity contribution is 6.69. The van der Waals surface area contributed by atoms with Crippen LogP contribution in [0, 0.1) is 0 Å². The Morgan fingerprint density at radius 2 is 1.50 bits per heavy atom. The molecule has 0 fully saturated rings. The molecule has 0 aliphatic heterocycles. The highest BCUT2D eigenvalue weighted by Gasteiger charge is 2.20. The summed E-state index contributed by atoms with van der Waals surface area (Å²) >= 11 is 0. The third kappa shape index (κ3) is 5.68. The summed E-state index contributed by atoms with van der Waals surface area (Å²) in [6.45, 7) is 0. The number of para-hydroxylation sites is 2. The Kier molecular flexibility index (Phi) is 7.16. The van der Waals surface area contributed by atoms with Gasteiger partial charge in [0.1, 0.15) is 5.75 Å². The number of methoxy groups -OCH3 is 1. The first-order chi connectivity index (χ1) is 14.7. The maximum atomic E-state index is 12.8. The maximum absolute atomic E-state index is 12.8. The van der Waals surface area contributed by atoms with Crippen molar-refractivity contribution in [2.45, 2.75) is 6.42 Å². The number of anilines is 2. The molecule has 0 saturated heterocycles. The van der Waals surface area contributed by atoms with Crippen LogP contribution in [-0.4, -0.2) is 29.6 Å². The van der Waals surface area contributed by atoms with E-state index in [4.69, 9.17) is 4.74 Å². The summed E-state index contributed by atoms with van der Waals surface area (Å²) < 4.78 is 5.18. The first kappa shape index (κ1) is 20.6. The van der Waals surface area contributed by atoms with Gasteiger partial charge in [-0.2, -0.15) is 5.10 Å². The lowest BCUT2D eigenvalue weighted by Gasteiger charge is -2.11. The second-order valence-corrected chi connectivity index (χ2v) is 6.33. The van der Waals surface area contributed by atoms with E-state index in [9.17, 15) is 10.0 Å². The lowest BCUT2D eigenvalue weighted by Crippen LogP contribution is -2.32. The fourth-order valence-electron chi connectivity index (χ4n) is 2.70. The Morgan fingerprint density at radius 3 is 2.07 bits per heavy atom. The number of carbonyl (C=O) groups is 1. The minimum Gasteiger partial charge on any atom is -0.497 e. The lowest BCUT2D eigenvalue weighted by molar-refractivity contribution is -0.110. The van der Waals surface area contributed by atoms with Crippen LogP contribution < -0.4 is 15.5 Å². The smallest absolute Gasteiger partial charge is 0.279 e. The minimum atomic E-state index is -0.564. The first-order valence-electron chi connectivity index (χ1n) is 9.29. The molecule has 0 aliphatic rings. The predicted molar refractivity (Wildman–Crippen MR) is 118 cm³/mol. The molecule has 0 aliphatic carbocycles. The summed E-state index contributed by atoms with van der Waals surface area (Å²) in [5, 5.41) is 19.9. The van der Waals surface area contributed by atoms with Gasteiger partial charge in [-0.05, 0) is 42.0 Å². The third-order valence-electron chi connectivity index (χ3n) is 4.24. The van der Waals surface area contributed by atoms with E-state index in [2.05, 4.69) is 21.0 Å². The molecule has 0 unspecified atom stereocenters. The first-order valence-corrected chi connectivity index (χ1v) is 9.29. The molecule has 7 nitrogen and oxygen atoms in total. The van der Waals surface area contributed by atoms with Crippen LogP contribution in [0.5, 0.6) is 5.75 Å². The molecule has 1 amide bonds. The van der Waals surface area contributed by atoms with Crippen molar-refractivity contribution < 1.29 is 14.7 Å². The molecule has 7 heteroatoms. The van der Waals surface area contributed by atoms with Gasteiger partial charge in [0, 0.05) is 12.1 Å². The molecule has 152 valence electrons. The van der Waals surface area contributed by atoms with Crippen molar-refractivity contribution in [2.75, 3.05) is 17.9 Å². The van der Waals surface area contributed by atoms with Crippen LogP contribution >= 0.6 is 0 Å².